The standard InChI is InChI=1S/C7H13NO3/c1-2-6(9)5-3-4-11-7(10)8-5/h5-6,9H,2-4H2,1H3,(H,8,10)/t5-,6-/m0/s1. The number of hydrogen-bond acceptors (Lipinski definition) is 3. The van der Waals surface area contributed by atoms with E-state index in [0.29, 0.717) is 19.4 Å². The van der Waals surface area contributed by atoms with E-state index in [1.54, 1.807) is 0 Å². The molecular weight excluding hydrogens is 146 g/mol. The molecule has 64 valence electrons. The van der Waals surface area contributed by atoms with E-state index < -0.39 is 12.2 Å². The molecule has 1 amide bonds. The summed E-state index contributed by atoms with van der Waals surface area (Å²) in [6.07, 6.45) is 0.489. The van der Waals surface area contributed by atoms with Crippen molar-refractivity contribution in [2.24, 2.45) is 0 Å². The molecule has 1 aliphatic heterocycles. The maximum Gasteiger partial charge on any atom is 0.407 e. The molecule has 0 bridgehead atoms. The molecule has 0 aliphatic carbocycles. The van der Waals surface area contributed by atoms with E-state index in [-0.39, 0.29) is 6.04 Å². The number of carbonyl (C=O) groups is 1. The third-order valence-electron chi connectivity index (χ3n) is 1.85. The number of aliphatic hydroxyl groups is 1. The molecule has 1 aliphatic rings. The number of hydrogen-bond donors (Lipinski definition) is 2. The molecule has 2 N–H and O–H groups in total. The van der Waals surface area contributed by atoms with Gasteiger partial charge < -0.3 is 15.2 Å². The molecule has 0 unspecified atom stereocenters. The van der Waals surface area contributed by atoms with Gasteiger partial charge in [0, 0.05) is 6.42 Å². The van der Waals surface area contributed by atoms with Crippen LogP contribution in [0.3, 0.4) is 0 Å². The van der Waals surface area contributed by atoms with Crippen LogP contribution in [-0.4, -0.2) is 30.0 Å². The average molecular weight is 159 g/mol. The minimum absolute atomic E-state index is 0.124. The molecule has 0 saturated carbocycles. The fourth-order valence-corrected chi connectivity index (χ4v) is 1.12. The molecule has 0 aromatic carbocycles. The summed E-state index contributed by atoms with van der Waals surface area (Å²) in [6.45, 7) is 2.29. The number of amides is 1. The van der Waals surface area contributed by atoms with Gasteiger partial charge in [0.25, 0.3) is 0 Å². The SMILES string of the molecule is CC[C@H](O)[C@@H]1CCOC(=O)N1. The Kier molecular flexibility index (Phi) is 2.70. The average Bonchev–Trinajstić information content (AvgIpc) is 2.03. The Morgan fingerprint density at radius 2 is 2.64 bits per heavy atom. The number of ether oxygens (including phenoxy) is 1. The molecule has 2 atom stereocenters. The smallest absolute Gasteiger partial charge is 0.407 e. The van der Waals surface area contributed by atoms with Crippen LogP contribution in [0.1, 0.15) is 19.8 Å². The molecule has 1 fully saturated rings. The van der Waals surface area contributed by atoms with Crippen molar-refractivity contribution >= 4 is 6.09 Å². The lowest BCUT2D eigenvalue weighted by Crippen LogP contribution is -2.47. The Morgan fingerprint density at radius 1 is 1.91 bits per heavy atom. The number of aliphatic hydroxyl groups excluding tert-OH is 1. The quantitative estimate of drug-likeness (QED) is 0.607. The summed E-state index contributed by atoms with van der Waals surface area (Å²) in [5.41, 5.74) is 0. The third-order valence-corrected chi connectivity index (χ3v) is 1.85. The van der Waals surface area contributed by atoms with Gasteiger partial charge in [-0.15, -0.1) is 0 Å². The molecule has 0 radical (unpaired) electrons. The number of alkyl carbamates (subject to hydrolysis) is 1. The van der Waals surface area contributed by atoms with Gasteiger partial charge in [-0.2, -0.15) is 0 Å². The van der Waals surface area contributed by atoms with Gasteiger partial charge in [-0.1, -0.05) is 6.92 Å². The van der Waals surface area contributed by atoms with Gasteiger partial charge in [0.2, 0.25) is 0 Å². The van der Waals surface area contributed by atoms with E-state index in [9.17, 15) is 9.90 Å². The molecule has 0 spiro atoms. The molecule has 0 aromatic heterocycles. The highest BCUT2D eigenvalue weighted by molar-refractivity contribution is 5.68. The van der Waals surface area contributed by atoms with Crippen LogP contribution in [0.2, 0.25) is 0 Å². The van der Waals surface area contributed by atoms with Crippen molar-refractivity contribution in [1.29, 1.82) is 0 Å². The predicted molar refractivity (Wildman–Crippen MR) is 39.2 cm³/mol. The van der Waals surface area contributed by atoms with E-state index in [2.05, 4.69) is 10.1 Å². The summed E-state index contributed by atoms with van der Waals surface area (Å²) < 4.78 is 4.64. The Hall–Kier alpha value is -0.770. The normalized spacial score (nSPS) is 27.1. The second-order valence-electron chi connectivity index (χ2n) is 2.65. The van der Waals surface area contributed by atoms with E-state index in [1.165, 1.54) is 0 Å². The number of cyclic esters (lactones) is 1. The van der Waals surface area contributed by atoms with E-state index in [1.807, 2.05) is 6.92 Å². The van der Waals surface area contributed by atoms with Crippen molar-refractivity contribution in [3.05, 3.63) is 0 Å². The van der Waals surface area contributed by atoms with Crippen LogP contribution >= 0.6 is 0 Å². The van der Waals surface area contributed by atoms with Crippen LogP contribution in [0, 0.1) is 0 Å². The van der Waals surface area contributed by atoms with Gasteiger partial charge in [-0.3, -0.25) is 0 Å². The van der Waals surface area contributed by atoms with Gasteiger partial charge in [0.15, 0.2) is 0 Å². The lowest BCUT2D eigenvalue weighted by Gasteiger charge is -2.26. The van der Waals surface area contributed by atoms with Gasteiger partial charge in [0.1, 0.15) is 0 Å². The maximum atomic E-state index is 10.6. The Labute approximate surface area is 65.5 Å². The van der Waals surface area contributed by atoms with Crippen molar-refractivity contribution in [2.75, 3.05) is 6.61 Å². The fourth-order valence-electron chi connectivity index (χ4n) is 1.12. The molecule has 4 nitrogen and oxygen atoms in total. The second-order valence-corrected chi connectivity index (χ2v) is 2.65. The summed E-state index contributed by atoms with van der Waals surface area (Å²) in [5, 5.41) is 11.9. The summed E-state index contributed by atoms with van der Waals surface area (Å²) >= 11 is 0. The fraction of sp³-hybridized carbons (Fsp3) is 0.857. The van der Waals surface area contributed by atoms with Crippen molar-refractivity contribution in [3.63, 3.8) is 0 Å². The van der Waals surface area contributed by atoms with Gasteiger partial charge in [0.05, 0.1) is 18.8 Å². The van der Waals surface area contributed by atoms with Crippen LogP contribution in [0.15, 0.2) is 0 Å². The zero-order valence-corrected chi connectivity index (χ0v) is 6.54. The van der Waals surface area contributed by atoms with Gasteiger partial charge in [-0.25, -0.2) is 4.79 Å². The molecule has 1 saturated heterocycles. The summed E-state index contributed by atoms with van der Waals surface area (Å²) in [5.74, 6) is 0. The van der Waals surface area contributed by atoms with Crippen LogP contribution < -0.4 is 5.32 Å². The van der Waals surface area contributed by atoms with Crippen molar-refractivity contribution < 1.29 is 14.6 Å². The minimum atomic E-state index is -0.442. The number of nitrogens with one attached hydrogen (secondary N) is 1. The van der Waals surface area contributed by atoms with Crippen LogP contribution in [-0.2, 0) is 4.74 Å². The van der Waals surface area contributed by atoms with Gasteiger partial charge >= 0.3 is 6.09 Å². The Balaban J connectivity index is 2.39. The largest absolute Gasteiger partial charge is 0.449 e. The monoisotopic (exact) mass is 159 g/mol. The Bertz CT molecular complexity index is 149. The topological polar surface area (TPSA) is 58.6 Å². The Morgan fingerprint density at radius 3 is 3.18 bits per heavy atom. The van der Waals surface area contributed by atoms with Crippen molar-refractivity contribution in [3.8, 4) is 0 Å². The van der Waals surface area contributed by atoms with E-state index >= 15 is 0 Å². The van der Waals surface area contributed by atoms with Crippen LogP contribution in [0.4, 0.5) is 4.79 Å². The highest BCUT2D eigenvalue weighted by Gasteiger charge is 2.24. The van der Waals surface area contributed by atoms with Gasteiger partial charge in [-0.05, 0) is 6.42 Å². The highest BCUT2D eigenvalue weighted by atomic mass is 16.6. The summed E-state index contributed by atoms with van der Waals surface area (Å²) in [6, 6.07) is -0.124. The van der Waals surface area contributed by atoms with E-state index in [4.69, 9.17) is 0 Å². The van der Waals surface area contributed by atoms with Crippen LogP contribution in [0.25, 0.3) is 0 Å². The molecule has 0 aromatic rings. The first-order chi connectivity index (χ1) is 5.24. The number of rotatable bonds is 2. The second kappa shape index (κ2) is 3.57. The van der Waals surface area contributed by atoms with Crippen molar-refractivity contribution in [2.45, 2.75) is 31.9 Å². The van der Waals surface area contributed by atoms with Crippen LogP contribution in [0.5, 0.6) is 0 Å². The third kappa shape index (κ3) is 2.08. The lowest BCUT2D eigenvalue weighted by atomic mass is 10.1. The first kappa shape index (κ1) is 8.33. The molecule has 1 rings (SSSR count). The first-order valence-electron chi connectivity index (χ1n) is 3.85. The number of carbonyl (C=O) groups excluding carboxylic acids is 1. The molecular formula is C7H13NO3. The highest BCUT2D eigenvalue weighted by Crippen LogP contribution is 2.07. The summed E-state index contributed by atoms with van der Waals surface area (Å²) in [7, 11) is 0. The molecule has 11 heavy (non-hydrogen) atoms. The first-order valence-corrected chi connectivity index (χ1v) is 3.85. The summed E-state index contributed by atoms with van der Waals surface area (Å²) in [4.78, 5) is 10.6. The van der Waals surface area contributed by atoms with Crippen molar-refractivity contribution in [1.82, 2.24) is 5.32 Å². The van der Waals surface area contributed by atoms with E-state index in [0.717, 1.165) is 0 Å². The lowest BCUT2D eigenvalue weighted by molar-refractivity contribution is 0.0632. The molecule has 4 heteroatoms. The predicted octanol–water partition coefficient (Wildman–Crippen LogP) is 0.256. The maximum absolute atomic E-state index is 10.6. The zero-order chi connectivity index (χ0) is 8.27. The molecule has 1 heterocycles. The zero-order valence-electron chi connectivity index (χ0n) is 6.54. The minimum Gasteiger partial charge on any atom is -0.449 e.